The molecule has 0 bridgehead atoms. The zero-order chi connectivity index (χ0) is 19.0. The van der Waals surface area contributed by atoms with Crippen molar-refractivity contribution in [3.63, 3.8) is 0 Å². The summed E-state index contributed by atoms with van der Waals surface area (Å²) in [5, 5.41) is 16.5. The van der Waals surface area contributed by atoms with E-state index in [4.69, 9.17) is 23.2 Å². The Morgan fingerprint density at radius 2 is 2.00 bits per heavy atom. The van der Waals surface area contributed by atoms with Crippen molar-refractivity contribution in [2.24, 2.45) is 0 Å². The van der Waals surface area contributed by atoms with Gasteiger partial charge in [0.25, 0.3) is 0 Å². The zero-order valence-electron chi connectivity index (χ0n) is 14.3. The Labute approximate surface area is 165 Å². The molecular formula is C19H17Cl2FN4O. The number of nitrogens with zero attached hydrogens (tertiary/aromatic N) is 2. The fourth-order valence-electron chi connectivity index (χ4n) is 3.40. The van der Waals surface area contributed by atoms with Crippen molar-refractivity contribution < 1.29 is 9.50 Å². The number of anilines is 2. The number of aliphatic hydroxyl groups excluding tert-OH is 1. The number of aliphatic hydroxyl groups is 1. The van der Waals surface area contributed by atoms with Crippen LogP contribution in [0.5, 0.6) is 0 Å². The van der Waals surface area contributed by atoms with E-state index >= 15 is 0 Å². The van der Waals surface area contributed by atoms with E-state index in [-0.39, 0.29) is 27.8 Å². The summed E-state index contributed by atoms with van der Waals surface area (Å²) in [6.07, 6.45) is 2.09. The van der Waals surface area contributed by atoms with E-state index in [0.29, 0.717) is 12.2 Å². The van der Waals surface area contributed by atoms with E-state index < -0.39 is 5.82 Å². The highest BCUT2D eigenvalue weighted by Gasteiger charge is 2.38. The van der Waals surface area contributed by atoms with Crippen LogP contribution in [0.3, 0.4) is 0 Å². The predicted molar refractivity (Wildman–Crippen MR) is 105 cm³/mol. The van der Waals surface area contributed by atoms with Gasteiger partial charge in [-0.05, 0) is 36.2 Å². The Hall–Kier alpha value is -1.99. The SMILES string of the molecule is OCCC1(c2ccc3ncnc(Nc4ccc(Cl)c(Cl)c4F)c3c2)CNC1. The number of hydrogen-bond donors (Lipinski definition) is 3. The molecule has 1 aliphatic heterocycles. The topological polar surface area (TPSA) is 70.1 Å². The van der Waals surface area contributed by atoms with E-state index in [2.05, 4.69) is 20.6 Å². The Balaban J connectivity index is 1.77. The highest BCUT2D eigenvalue weighted by Crippen LogP contribution is 2.36. The van der Waals surface area contributed by atoms with Crippen molar-refractivity contribution >= 4 is 45.6 Å². The molecule has 0 atom stereocenters. The number of hydrogen-bond acceptors (Lipinski definition) is 5. The van der Waals surface area contributed by atoms with E-state index in [1.165, 1.54) is 18.5 Å². The molecule has 1 aromatic heterocycles. The molecule has 4 rings (SSSR count). The number of halogens is 3. The lowest BCUT2D eigenvalue weighted by Gasteiger charge is -2.43. The summed E-state index contributed by atoms with van der Waals surface area (Å²) in [5.74, 6) is -0.155. The zero-order valence-corrected chi connectivity index (χ0v) is 15.8. The van der Waals surface area contributed by atoms with Gasteiger partial charge in [0.15, 0.2) is 5.82 Å². The van der Waals surface area contributed by atoms with Gasteiger partial charge in [-0.1, -0.05) is 29.3 Å². The van der Waals surface area contributed by atoms with Crippen LogP contribution in [-0.2, 0) is 5.41 Å². The van der Waals surface area contributed by atoms with Crippen LogP contribution in [0.15, 0.2) is 36.7 Å². The average molecular weight is 407 g/mol. The van der Waals surface area contributed by atoms with Crippen molar-refractivity contribution in [1.29, 1.82) is 0 Å². The highest BCUT2D eigenvalue weighted by atomic mass is 35.5. The summed E-state index contributed by atoms with van der Waals surface area (Å²) in [6, 6.07) is 8.99. The molecule has 0 aliphatic carbocycles. The molecule has 1 saturated heterocycles. The maximum Gasteiger partial charge on any atom is 0.166 e. The van der Waals surface area contributed by atoms with Crippen LogP contribution in [0.4, 0.5) is 15.9 Å². The molecule has 3 aromatic rings. The van der Waals surface area contributed by atoms with E-state index in [9.17, 15) is 9.50 Å². The monoisotopic (exact) mass is 406 g/mol. The molecule has 0 radical (unpaired) electrons. The summed E-state index contributed by atoms with van der Waals surface area (Å²) in [5.41, 5.74) is 1.91. The standard InChI is InChI=1S/C19H17Cl2FN4O/c20-13-2-4-15(17(22)16(13)21)26-18-12-7-11(1-3-14(12)24-10-25-18)19(5-6-27)8-23-9-19/h1-4,7,10,23,27H,5-6,8-9H2,(H,24,25,26). The number of fused-ring (bicyclic) bond motifs is 1. The summed E-state index contributed by atoms with van der Waals surface area (Å²) >= 11 is 11.8. The smallest absolute Gasteiger partial charge is 0.166 e. The Bertz CT molecular complexity index is 1010. The fourth-order valence-corrected chi connectivity index (χ4v) is 3.71. The number of benzene rings is 2. The van der Waals surface area contributed by atoms with Gasteiger partial charge in [-0.2, -0.15) is 0 Å². The van der Waals surface area contributed by atoms with Crippen LogP contribution in [0.25, 0.3) is 10.9 Å². The molecule has 0 spiro atoms. The van der Waals surface area contributed by atoms with Gasteiger partial charge >= 0.3 is 0 Å². The first-order valence-corrected chi connectivity index (χ1v) is 9.27. The third kappa shape index (κ3) is 3.23. The van der Waals surface area contributed by atoms with Crippen molar-refractivity contribution in [3.05, 3.63) is 58.1 Å². The van der Waals surface area contributed by atoms with Crippen molar-refractivity contribution in [2.75, 3.05) is 25.0 Å². The Kier molecular flexibility index (Phi) is 4.90. The van der Waals surface area contributed by atoms with Gasteiger partial charge in [0.05, 0.1) is 21.2 Å². The van der Waals surface area contributed by atoms with Crippen LogP contribution in [-0.4, -0.2) is 34.8 Å². The maximum absolute atomic E-state index is 14.4. The van der Waals surface area contributed by atoms with Crippen LogP contribution in [0.2, 0.25) is 10.0 Å². The predicted octanol–water partition coefficient (Wildman–Crippen LogP) is 4.04. The first kappa shape index (κ1) is 18.4. The van der Waals surface area contributed by atoms with Crippen LogP contribution < -0.4 is 10.6 Å². The minimum Gasteiger partial charge on any atom is -0.396 e. The van der Waals surface area contributed by atoms with Crippen LogP contribution in [0, 0.1) is 5.82 Å². The molecular weight excluding hydrogens is 390 g/mol. The molecule has 5 nitrogen and oxygen atoms in total. The Morgan fingerprint density at radius 3 is 2.70 bits per heavy atom. The third-order valence-electron chi connectivity index (χ3n) is 5.05. The van der Waals surface area contributed by atoms with Crippen LogP contribution in [0.1, 0.15) is 12.0 Å². The minimum absolute atomic E-state index is 0.106. The van der Waals surface area contributed by atoms with Crippen molar-refractivity contribution in [1.82, 2.24) is 15.3 Å². The largest absolute Gasteiger partial charge is 0.396 e. The lowest BCUT2D eigenvalue weighted by atomic mass is 9.72. The average Bonchev–Trinajstić information content (AvgIpc) is 2.65. The normalized spacial score (nSPS) is 15.6. The number of nitrogens with one attached hydrogen (secondary N) is 2. The summed E-state index contributed by atoms with van der Waals surface area (Å²) in [4.78, 5) is 8.57. The first-order valence-electron chi connectivity index (χ1n) is 8.51. The highest BCUT2D eigenvalue weighted by molar-refractivity contribution is 6.42. The van der Waals surface area contributed by atoms with Gasteiger partial charge in [0, 0.05) is 30.5 Å². The van der Waals surface area contributed by atoms with Crippen LogP contribution >= 0.6 is 23.2 Å². The molecule has 2 heterocycles. The van der Waals surface area contributed by atoms with E-state index in [1.54, 1.807) is 0 Å². The van der Waals surface area contributed by atoms with Crippen molar-refractivity contribution in [3.8, 4) is 0 Å². The summed E-state index contributed by atoms with van der Waals surface area (Å²) in [6.45, 7) is 1.72. The van der Waals surface area contributed by atoms with Gasteiger partial charge in [-0.25, -0.2) is 14.4 Å². The molecule has 1 fully saturated rings. The Morgan fingerprint density at radius 1 is 1.19 bits per heavy atom. The second-order valence-corrected chi connectivity index (χ2v) is 7.44. The molecule has 0 saturated carbocycles. The second kappa shape index (κ2) is 7.20. The van der Waals surface area contributed by atoms with E-state index in [1.807, 2.05) is 18.2 Å². The van der Waals surface area contributed by atoms with E-state index in [0.717, 1.165) is 29.6 Å². The lowest BCUT2D eigenvalue weighted by molar-refractivity contribution is 0.187. The number of rotatable bonds is 5. The maximum atomic E-state index is 14.4. The quantitative estimate of drug-likeness (QED) is 0.557. The molecule has 2 aromatic carbocycles. The van der Waals surface area contributed by atoms with Gasteiger partial charge in [0.2, 0.25) is 0 Å². The number of aromatic nitrogens is 2. The van der Waals surface area contributed by atoms with Gasteiger partial charge in [-0.3, -0.25) is 0 Å². The summed E-state index contributed by atoms with van der Waals surface area (Å²) in [7, 11) is 0. The lowest BCUT2D eigenvalue weighted by Crippen LogP contribution is -2.57. The molecule has 0 unspecified atom stereocenters. The first-order chi connectivity index (χ1) is 13.0. The molecule has 140 valence electrons. The minimum atomic E-state index is -0.632. The van der Waals surface area contributed by atoms with Crippen molar-refractivity contribution in [2.45, 2.75) is 11.8 Å². The molecule has 1 aliphatic rings. The second-order valence-electron chi connectivity index (χ2n) is 6.66. The molecule has 27 heavy (non-hydrogen) atoms. The van der Waals surface area contributed by atoms with Gasteiger partial charge in [-0.15, -0.1) is 0 Å². The van der Waals surface area contributed by atoms with Gasteiger partial charge in [0.1, 0.15) is 12.1 Å². The third-order valence-corrected chi connectivity index (χ3v) is 5.83. The molecule has 3 N–H and O–H groups in total. The summed E-state index contributed by atoms with van der Waals surface area (Å²) < 4.78 is 14.4. The molecule has 8 heteroatoms. The van der Waals surface area contributed by atoms with Gasteiger partial charge < -0.3 is 15.7 Å². The fraction of sp³-hybridized carbons (Fsp3) is 0.263. The molecule has 0 amide bonds.